The minimum Gasteiger partial charge on any atom is -0.399 e. The van der Waals surface area contributed by atoms with E-state index in [-0.39, 0.29) is 0 Å². The Hall–Kier alpha value is -1.55. The van der Waals surface area contributed by atoms with Crippen LogP contribution in [-0.2, 0) is 11.2 Å². The van der Waals surface area contributed by atoms with Gasteiger partial charge in [-0.25, -0.2) is 4.98 Å². The molecule has 1 aromatic heterocycles. The molecule has 4 nitrogen and oxygen atoms in total. The highest BCUT2D eigenvalue weighted by Gasteiger charge is 2.21. The van der Waals surface area contributed by atoms with Gasteiger partial charge in [0.05, 0.1) is 23.7 Å². The molecular weight excluding hydrogens is 250 g/mol. The van der Waals surface area contributed by atoms with Crippen LogP contribution in [0.1, 0.15) is 39.1 Å². The average Bonchev–Trinajstić information content (AvgIpc) is 2.73. The molecule has 0 aliphatic carbocycles. The molecule has 4 heteroatoms. The van der Waals surface area contributed by atoms with Crippen LogP contribution in [0.3, 0.4) is 0 Å². The highest BCUT2D eigenvalue weighted by atomic mass is 16.5. The lowest BCUT2D eigenvalue weighted by molar-refractivity contribution is 0.133. The molecule has 110 valence electrons. The maximum atomic E-state index is 5.88. The first kappa shape index (κ1) is 14.9. The van der Waals surface area contributed by atoms with Gasteiger partial charge in [0, 0.05) is 19.2 Å². The summed E-state index contributed by atoms with van der Waals surface area (Å²) in [5.74, 6) is 1.62. The van der Waals surface area contributed by atoms with Gasteiger partial charge < -0.3 is 15.0 Å². The molecule has 0 spiro atoms. The molecule has 0 radical (unpaired) electrons. The second-order valence-electron chi connectivity index (χ2n) is 5.66. The van der Waals surface area contributed by atoms with Gasteiger partial charge in [0.15, 0.2) is 0 Å². The molecule has 0 fully saturated rings. The van der Waals surface area contributed by atoms with Crippen LogP contribution in [0.5, 0.6) is 0 Å². The van der Waals surface area contributed by atoms with Crippen molar-refractivity contribution in [3.8, 4) is 0 Å². The van der Waals surface area contributed by atoms with E-state index in [0.717, 1.165) is 35.4 Å². The number of aromatic nitrogens is 2. The van der Waals surface area contributed by atoms with E-state index in [1.807, 2.05) is 12.1 Å². The van der Waals surface area contributed by atoms with Gasteiger partial charge in [-0.1, -0.05) is 20.8 Å². The van der Waals surface area contributed by atoms with Crippen LogP contribution < -0.4 is 5.73 Å². The molecule has 2 aromatic rings. The SMILES string of the molecule is CCCc1nc2cc(N)ccc2n1C(COC)C(C)C. The van der Waals surface area contributed by atoms with Crippen molar-refractivity contribution in [1.29, 1.82) is 0 Å². The summed E-state index contributed by atoms with van der Waals surface area (Å²) in [4.78, 5) is 4.78. The Kier molecular flexibility index (Phi) is 4.65. The molecule has 1 unspecified atom stereocenters. The van der Waals surface area contributed by atoms with E-state index in [1.165, 1.54) is 0 Å². The van der Waals surface area contributed by atoms with Gasteiger partial charge in [0.1, 0.15) is 5.82 Å². The topological polar surface area (TPSA) is 53.1 Å². The average molecular weight is 275 g/mol. The number of imidazole rings is 1. The zero-order chi connectivity index (χ0) is 14.7. The highest BCUT2D eigenvalue weighted by Crippen LogP contribution is 2.28. The van der Waals surface area contributed by atoms with Gasteiger partial charge in [0.25, 0.3) is 0 Å². The van der Waals surface area contributed by atoms with Gasteiger partial charge in [-0.2, -0.15) is 0 Å². The van der Waals surface area contributed by atoms with Crippen LogP contribution in [-0.4, -0.2) is 23.3 Å². The van der Waals surface area contributed by atoms with E-state index in [4.69, 9.17) is 15.5 Å². The molecule has 0 saturated heterocycles. The molecule has 0 saturated carbocycles. The monoisotopic (exact) mass is 275 g/mol. The van der Waals surface area contributed by atoms with Crippen molar-refractivity contribution in [1.82, 2.24) is 9.55 Å². The summed E-state index contributed by atoms with van der Waals surface area (Å²) >= 11 is 0. The Morgan fingerprint density at radius 2 is 2.10 bits per heavy atom. The Morgan fingerprint density at radius 1 is 1.35 bits per heavy atom. The molecule has 1 atom stereocenters. The fourth-order valence-corrected chi connectivity index (χ4v) is 2.67. The van der Waals surface area contributed by atoms with Crippen LogP contribution >= 0.6 is 0 Å². The number of aryl methyl sites for hydroxylation is 1. The first-order valence-electron chi connectivity index (χ1n) is 7.33. The third-order valence-corrected chi connectivity index (χ3v) is 3.70. The van der Waals surface area contributed by atoms with Gasteiger partial charge in [0.2, 0.25) is 0 Å². The maximum absolute atomic E-state index is 5.88. The number of nitrogens with zero attached hydrogens (tertiary/aromatic N) is 2. The fraction of sp³-hybridized carbons (Fsp3) is 0.562. The van der Waals surface area contributed by atoms with Crippen LogP contribution in [0, 0.1) is 5.92 Å². The number of fused-ring (bicyclic) bond motifs is 1. The number of nitrogens with two attached hydrogens (primary N) is 1. The van der Waals surface area contributed by atoms with E-state index >= 15 is 0 Å². The van der Waals surface area contributed by atoms with Gasteiger partial charge in [-0.15, -0.1) is 0 Å². The first-order valence-corrected chi connectivity index (χ1v) is 7.33. The van der Waals surface area contributed by atoms with Crippen LogP contribution in [0.25, 0.3) is 11.0 Å². The van der Waals surface area contributed by atoms with Crippen LogP contribution in [0.4, 0.5) is 5.69 Å². The van der Waals surface area contributed by atoms with Crippen molar-refractivity contribution in [3.05, 3.63) is 24.0 Å². The number of anilines is 1. The second kappa shape index (κ2) is 6.27. The molecule has 2 N–H and O–H groups in total. The molecule has 1 heterocycles. The molecule has 1 aromatic carbocycles. The third-order valence-electron chi connectivity index (χ3n) is 3.70. The number of ether oxygens (including phenoxy) is 1. The second-order valence-corrected chi connectivity index (χ2v) is 5.66. The lowest BCUT2D eigenvalue weighted by Crippen LogP contribution is -2.22. The van der Waals surface area contributed by atoms with E-state index < -0.39 is 0 Å². The minimum absolute atomic E-state index is 0.301. The van der Waals surface area contributed by atoms with Gasteiger partial charge in [-0.3, -0.25) is 0 Å². The maximum Gasteiger partial charge on any atom is 0.110 e. The smallest absolute Gasteiger partial charge is 0.110 e. The van der Waals surface area contributed by atoms with Crippen molar-refractivity contribution in [2.24, 2.45) is 5.92 Å². The van der Waals surface area contributed by atoms with Crippen LogP contribution in [0.2, 0.25) is 0 Å². The van der Waals surface area contributed by atoms with Gasteiger partial charge >= 0.3 is 0 Å². The summed E-state index contributed by atoms with van der Waals surface area (Å²) < 4.78 is 7.76. The molecular formula is C16H25N3O. The zero-order valence-electron chi connectivity index (χ0n) is 12.9. The summed E-state index contributed by atoms with van der Waals surface area (Å²) in [6.45, 7) is 7.33. The van der Waals surface area contributed by atoms with Crippen molar-refractivity contribution >= 4 is 16.7 Å². The van der Waals surface area contributed by atoms with Crippen molar-refractivity contribution in [3.63, 3.8) is 0 Å². The molecule has 0 bridgehead atoms. The fourth-order valence-electron chi connectivity index (χ4n) is 2.67. The van der Waals surface area contributed by atoms with E-state index in [9.17, 15) is 0 Å². The van der Waals surface area contributed by atoms with Gasteiger partial charge in [-0.05, 0) is 30.5 Å². The Balaban J connectivity index is 2.60. The summed E-state index contributed by atoms with van der Waals surface area (Å²) in [7, 11) is 1.76. The number of nitrogen functional groups attached to an aromatic ring is 1. The third kappa shape index (κ3) is 2.80. The van der Waals surface area contributed by atoms with Crippen molar-refractivity contribution in [2.75, 3.05) is 19.5 Å². The number of methoxy groups -OCH3 is 1. The van der Waals surface area contributed by atoms with Crippen molar-refractivity contribution in [2.45, 2.75) is 39.7 Å². The van der Waals surface area contributed by atoms with Crippen molar-refractivity contribution < 1.29 is 4.74 Å². The van der Waals surface area contributed by atoms with Crippen LogP contribution in [0.15, 0.2) is 18.2 Å². The lowest BCUT2D eigenvalue weighted by Gasteiger charge is -2.24. The molecule has 2 rings (SSSR count). The Bertz CT molecular complexity index is 574. The number of hydrogen-bond acceptors (Lipinski definition) is 3. The number of rotatable bonds is 6. The first-order chi connectivity index (χ1) is 9.58. The minimum atomic E-state index is 0.301. The quantitative estimate of drug-likeness (QED) is 0.822. The molecule has 20 heavy (non-hydrogen) atoms. The molecule has 0 aliphatic heterocycles. The molecule has 0 amide bonds. The zero-order valence-corrected chi connectivity index (χ0v) is 12.9. The predicted molar refractivity (Wildman–Crippen MR) is 83.9 cm³/mol. The summed E-state index contributed by atoms with van der Waals surface area (Å²) in [5, 5.41) is 0. The predicted octanol–water partition coefficient (Wildman–Crippen LogP) is 3.41. The largest absolute Gasteiger partial charge is 0.399 e. The molecule has 0 aliphatic rings. The lowest BCUT2D eigenvalue weighted by atomic mass is 10.0. The number of hydrogen-bond donors (Lipinski definition) is 1. The normalized spacial score (nSPS) is 13.2. The Labute approximate surface area is 120 Å². The summed E-state index contributed by atoms with van der Waals surface area (Å²) in [5.41, 5.74) is 8.77. The van der Waals surface area contributed by atoms with E-state index in [1.54, 1.807) is 7.11 Å². The number of benzene rings is 1. The van der Waals surface area contributed by atoms with E-state index in [0.29, 0.717) is 18.6 Å². The highest BCUT2D eigenvalue weighted by molar-refractivity contribution is 5.79. The standard InChI is InChI=1S/C16H25N3O/c1-5-6-16-18-13-9-12(17)7-8-14(13)19(16)15(10-20-4)11(2)3/h7-9,11,15H,5-6,10,17H2,1-4H3. The van der Waals surface area contributed by atoms with E-state index in [2.05, 4.69) is 31.4 Å². The Morgan fingerprint density at radius 3 is 2.70 bits per heavy atom. The summed E-state index contributed by atoms with van der Waals surface area (Å²) in [6, 6.07) is 6.27. The summed E-state index contributed by atoms with van der Waals surface area (Å²) in [6.07, 6.45) is 2.05.